The molecule has 1 aliphatic heterocycles. The van der Waals surface area contributed by atoms with Crippen LogP contribution >= 0.6 is 27.7 Å². The van der Waals surface area contributed by atoms with Crippen molar-refractivity contribution < 1.29 is 37.1 Å². The highest BCUT2D eigenvalue weighted by Gasteiger charge is 2.31. The molecule has 1 fully saturated rings. The molecule has 4 rings (SSSR count). The Morgan fingerprint density at radius 2 is 1.80 bits per heavy atom. The number of carbonyl (C=O) groups excluding carboxylic acids is 3. The molecule has 208 valence electrons. The minimum atomic E-state index is -4.08. The Balaban J connectivity index is 1.52. The van der Waals surface area contributed by atoms with E-state index in [1.165, 1.54) is 60.7 Å². The summed E-state index contributed by atoms with van der Waals surface area (Å²) >= 11 is 4.02. The van der Waals surface area contributed by atoms with Gasteiger partial charge in [-0.05, 0) is 60.5 Å². The number of carboxylic acid groups (broad SMARTS) is 1. The number of thioether (sulfide) groups is 1. The molecule has 40 heavy (non-hydrogen) atoms. The minimum Gasteiger partial charge on any atom is -0.481 e. The van der Waals surface area contributed by atoms with Crippen LogP contribution < -0.4 is 14.9 Å². The zero-order valence-corrected chi connectivity index (χ0v) is 23.7. The Morgan fingerprint density at radius 1 is 1.07 bits per heavy atom. The molecule has 0 bridgehead atoms. The predicted octanol–water partition coefficient (Wildman–Crippen LogP) is 4.40. The van der Waals surface area contributed by atoms with Gasteiger partial charge in [-0.15, -0.1) is 0 Å². The second-order valence-corrected chi connectivity index (χ2v) is 12.4. The zero-order valence-electron chi connectivity index (χ0n) is 20.5. The maximum atomic E-state index is 14.7. The monoisotopic (exact) mass is 649 g/mol. The number of carbonyl (C=O) groups is 4. The molecule has 0 saturated carbocycles. The first kappa shape index (κ1) is 29.2. The fraction of sp³-hybridized carbons (Fsp3) is 0.154. The second-order valence-electron chi connectivity index (χ2n) is 8.61. The second kappa shape index (κ2) is 12.2. The molecule has 1 heterocycles. The van der Waals surface area contributed by atoms with Crippen LogP contribution in [-0.2, 0) is 26.0 Å². The number of benzene rings is 3. The molecule has 10 nitrogen and oxygen atoms in total. The number of aliphatic carboxylic acids is 1. The van der Waals surface area contributed by atoms with Crippen LogP contribution in [0.15, 0.2) is 76.1 Å². The predicted molar refractivity (Wildman–Crippen MR) is 150 cm³/mol. The summed E-state index contributed by atoms with van der Waals surface area (Å²) in [7, 11) is -4.08. The standard InChI is InChI=1S/C26H21BrFN3O7S2/c27-17-6-9-21(20(28)14-17)31(11-10-23(32)33)25(35)16-2-1-3-18(13-16)30-40(37,38)19-7-4-15(5-8-19)12-22-24(34)29-26(36)39-22/h1-9,13-14,22,30H,10-12H2,(H,32,33)(H,29,34,36). The van der Waals surface area contributed by atoms with Crippen molar-refractivity contribution >= 4 is 72.1 Å². The lowest BCUT2D eigenvalue weighted by atomic mass is 10.1. The van der Waals surface area contributed by atoms with E-state index in [1.807, 2.05) is 0 Å². The van der Waals surface area contributed by atoms with Crippen molar-refractivity contribution in [3.8, 4) is 0 Å². The fourth-order valence-corrected chi connectivity index (χ4v) is 6.11. The highest BCUT2D eigenvalue weighted by atomic mass is 79.9. The summed E-state index contributed by atoms with van der Waals surface area (Å²) in [6.45, 7) is -0.315. The van der Waals surface area contributed by atoms with Crippen molar-refractivity contribution in [3.63, 3.8) is 0 Å². The highest BCUT2D eigenvalue weighted by molar-refractivity contribution is 9.10. The van der Waals surface area contributed by atoms with E-state index in [4.69, 9.17) is 5.11 Å². The van der Waals surface area contributed by atoms with Gasteiger partial charge in [-0.3, -0.25) is 29.2 Å². The molecule has 3 aromatic rings. The molecule has 1 atom stereocenters. The van der Waals surface area contributed by atoms with Gasteiger partial charge in [0, 0.05) is 22.3 Å². The number of amides is 3. The van der Waals surface area contributed by atoms with Crippen molar-refractivity contribution in [1.82, 2.24) is 5.32 Å². The van der Waals surface area contributed by atoms with Crippen LogP contribution in [-0.4, -0.2) is 48.3 Å². The Labute approximate surface area is 241 Å². The number of nitrogens with zero attached hydrogens (tertiary/aromatic N) is 1. The van der Waals surface area contributed by atoms with Crippen LogP contribution in [0.4, 0.5) is 20.6 Å². The first-order valence-electron chi connectivity index (χ1n) is 11.6. The van der Waals surface area contributed by atoms with E-state index in [-0.39, 0.29) is 34.8 Å². The lowest BCUT2D eigenvalue weighted by Gasteiger charge is -2.23. The van der Waals surface area contributed by atoms with Crippen LogP contribution in [0.2, 0.25) is 0 Å². The van der Waals surface area contributed by atoms with Crippen molar-refractivity contribution in [3.05, 3.63) is 88.1 Å². The Morgan fingerprint density at radius 3 is 2.42 bits per heavy atom. The lowest BCUT2D eigenvalue weighted by molar-refractivity contribution is -0.136. The van der Waals surface area contributed by atoms with Gasteiger partial charge in [-0.2, -0.15) is 0 Å². The first-order chi connectivity index (χ1) is 18.9. The van der Waals surface area contributed by atoms with Gasteiger partial charge < -0.3 is 10.0 Å². The van der Waals surface area contributed by atoms with Crippen LogP contribution in [0.5, 0.6) is 0 Å². The number of carboxylic acids is 1. The quantitative estimate of drug-likeness (QED) is 0.292. The molecule has 3 N–H and O–H groups in total. The molecule has 0 aromatic heterocycles. The van der Waals surface area contributed by atoms with Crippen LogP contribution in [0.3, 0.4) is 0 Å². The average molecular weight is 651 g/mol. The molecular weight excluding hydrogens is 629 g/mol. The van der Waals surface area contributed by atoms with E-state index < -0.39 is 50.5 Å². The largest absolute Gasteiger partial charge is 0.481 e. The van der Waals surface area contributed by atoms with Gasteiger partial charge in [0.1, 0.15) is 5.82 Å². The zero-order chi connectivity index (χ0) is 29.0. The van der Waals surface area contributed by atoms with E-state index in [0.717, 1.165) is 22.7 Å². The summed E-state index contributed by atoms with van der Waals surface area (Å²) in [5.41, 5.74) is 0.598. The number of hydrogen-bond donors (Lipinski definition) is 3. The number of imide groups is 1. The van der Waals surface area contributed by atoms with Crippen LogP contribution in [0.25, 0.3) is 0 Å². The number of nitrogens with one attached hydrogen (secondary N) is 2. The molecule has 3 aromatic carbocycles. The Hall–Kier alpha value is -3.75. The SMILES string of the molecule is O=C(O)CCN(C(=O)c1cccc(NS(=O)(=O)c2ccc(CC3SC(=O)NC3=O)cc2)c1)c1ccc(Br)cc1F. The molecule has 0 radical (unpaired) electrons. The third kappa shape index (κ3) is 7.06. The lowest BCUT2D eigenvalue weighted by Crippen LogP contribution is -2.33. The summed E-state index contributed by atoms with van der Waals surface area (Å²) in [6.07, 6.45) is -0.193. The summed E-state index contributed by atoms with van der Waals surface area (Å²) < 4.78 is 43.5. The smallest absolute Gasteiger partial charge is 0.305 e. The maximum absolute atomic E-state index is 14.7. The van der Waals surface area contributed by atoms with Gasteiger partial charge in [-0.25, -0.2) is 12.8 Å². The van der Waals surface area contributed by atoms with E-state index >= 15 is 0 Å². The van der Waals surface area contributed by atoms with Gasteiger partial charge in [-0.1, -0.05) is 45.9 Å². The number of sulfonamides is 1. The average Bonchev–Trinajstić information content (AvgIpc) is 3.21. The highest BCUT2D eigenvalue weighted by Crippen LogP contribution is 2.27. The van der Waals surface area contributed by atoms with E-state index in [9.17, 15) is 32.0 Å². The summed E-state index contributed by atoms with van der Waals surface area (Å²) in [6, 6.07) is 15.3. The molecule has 0 spiro atoms. The molecule has 0 aliphatic carbocycles. The van der Waals surface area contributed by atoms with Crippen molar-refractivity contribution in [2.24, 2.45) is 0 Å². The number of rotatable bonds is 10. The van der Waals surface area contributed by atoms with Gasteiger partial charge >= 0.3 is 5.97 Å². The van der Waals surface area contributed by atoms with Crippen molar-refractivity contribution in [1.29, 1.82) is 0 Å². The molecule has 1 aliphatic rings. The van der Waals surface area contributed by atoms with Gasteiger partial charge in [0.25, 0.3) is 21.2 Å². The van der Waals surface area contributed by atoms with E-state index in [1.54, 1.807) is 0 Å². The topological polar surface area (TPSA) is 150 Å². The number of anilines is 2. The normalized spacial score (nSPS) is 15.0. The molecule has 1 saturated heterocycles. The first-order valence-corrected chi connectivity index (χ1v) is 14.8. The third-order valence-corrected chi connectivity index (χ3v) is 8.65. The summed E-state index contributed by atoms with van der Waals surface area (Å²) in [4.78, 5) is 48.5. The van der Waals surface area contributed by atoms with E-state index in [0.29, 0.717) is 10.0 Å². The number of hydrogen-bond acceptors (Lipinski definition) is 7. The fourth-order valence-electron chi connectivity index (χ4n) is 3.87. The summed E-state index contributed by atoms with van der Waals surface area (Å²) in [5, 5.41) is 10.3. The Kier molecular flexibility index (Phi) is 8.91. The van der Waals surface area contributed by atoms with Gasteiger partial charge in [0.15, 0.2) is 0 Å². The van der Waals surface area contributed by atoms with Crippen LogP contribution in [0.1, 0.15) is 22.3 Å². The summed E-state index contributed by atoms with van der Waals surface area (Å²) in [5.74, 6) is -3.04. The van der Waals surface area contributed by atoms with Crippen molar-refractivity contribution in [2.45, 2.75) is 23.0 Å². The van der Waals surface area contributed by atoms with Gasteiger partial charge in [0.2, 0.25) is 5.91 Å². The van der Waals surface area contributed by atoms with Crippen molar-refractivity contribution in [2.75, 3.05) is 16.2 Å². The maximum Gasteiger partial charge on any atom is 0.305 e. The van der Waals surface area contributed by atoms with E-state index in [2.05, 4.69) is 26.0 Å². The third-order valence-electron chi connectivity index (χ3n) is 5.78. The molecular formula is C26H21BrFN3O7S2. The number of halogens is 2. The van der Waals surface area contributed by atoms with Crippen LogP contribution in [0, 0.1) is 5.82 Å². The molecule has 3 amide bonds. The Bertz CT molecular complexity index is 1600. The molecule has 1 unspecified atom stereocenters. The minimum absolute atomic E-state index is 0.00476. The van der Waals surface area contributed by atoms with Gasteiger partial charge in [0.05, 0.1) is 22.3 Å². The molecule has 14 heteroatoms.